The highest BCUT2D eigenvalue weighted by Gasteiger charge is 2.15. The van der Waals surface area contributed by atoms with E-state index in [1.165, 1.54) is 6.21 Å². The number of amides is 1. The van der Waals surface area contributed by atoms with Gasteiger partial charge in [0.05, 0.1) is 24.5 Å². The average Bonchev–Trinajstić information content (AvgIpc) is 2.93. The van der Waals surface area contributed by atoms with Gasteiger partial charge >= 0.3 is 0 Å². The van der Waals surface area contributed by atoms with Gasteiger partial charge in [-0.3, -0.25) is 4.79 Å². The Labute approximate surface area is 132 Å². The Bertz CT molecular complexity index is 698. The number of carbonyl (C=O) groups excluding carboxylic acids is 1. The lowest BCUT2D eigenvalue weighted by Gasteiger charge is -2.09. The van der Waals surface area contributed by atoms with Gasteiger partial charge in [-0.2, -0.15) is 5.10 Å². The summed E-state index contributed by atoms with van der Waals surface area (Å²) >= 11 is 6.18. The molecule has 0 saturated carbocycles. The highest BCUT2D eigenvalue weighted by molar-refractivity contribution is 6.32. The average molecular weight is 320 g/mol. The molecule has 0 saturated heterocycles. The van der Waals surface area contributed by atoms with E-state index in [1.54, 1.807) is 30.5 Å². The second-order valence-electron chi connectivity index (χ2n) is 4.66. The number of ether oxygens (including phenoxy) is 2. The van der Waals surface area contributed by atoms with Crippen molar-refractivity contribution in [3.63, 3.8) is 0 Å². The fraction of sp³-hybridized carbons (Fsp3) is 0.200. The first-order valence-electron chi connectivity index (χ1n) is 6.80. The van der Waals surface area contributed by atoms with Gasteiger partial charge in [0.15, 0.2) is 11.5 Å². The number of hydrogen-bond acceptors (Lipinski definition) is 4. The molecule has 2 heterocycles. The Morgan fingerprint density at radius 3 is 3.05 bits per heavy atom. The molecule has 0 atom stereocenters. The molecule has 114 valence electrons. The molecule has 1 aromatic heterocycles. The summed E-state index contributed by atoms with van der Waals surface area (Å²) in [5, 5.41) is 4.37. The van der Waals surface area contributed by atoms with Crippen molar-refractivity contribution in [1.29, 1.82) is 0 Å². The zero-order valence-corrected chi connectivity index (χ0v) is 12.4. The van der Waals surface area contributed by atoms with Crippen LogP contribution in [-0.4, -0.2) is 30.3 Å². The number of nitrogens with one attached hydrogen (secondary N) is 2. The molecule has 0 unspecified atom stereocenters. The van der Waals surface area contributed by atoms with E-state index in [4.69, 9.17) is 21.1 Å². The largest absolute Gasteiger partial charge is 0.489 e. The minimum Gasteiger partial charge on any atom is -0.489 e. The lowest BCUT2D eigenvalue weighted by atomic mass is 10.2. The fourth-order valence-corrected chi connectivity index (χ4v) is 2.30. The van der Waals surface area contributed by atoms with Gasteiger partial charge in [-0.05, 0) is 29.8 Å². The minimum absolute atomic E-state index is 0.318. The van der Waals surface area contributed by atoms with Crippen LogP contribution in [0.2, 0.25) is 5.02 Å². The summed E-state index contributed by atoms with van der Waals surface area (Å²) in [5.41, 5.74) is 3.58. The molecule has 1 aliphatic rings. The number of aromatic nitrogens is 1. The molecule has 3 rings (SSSR count). The number of aromatic amines is 1. The SMILES string of the molecule is O=C(N/N=C\c1cc(Cl)c2c(c1)OCCCO2)c1ccc[nH]1. The maximum atomic E-state index is 11.7. The smallest absolute Gasteiger partial charge is 0.287 e. The van der Waals surface area contributed by atoms with Gasteiger partial charge in [0.2, 0.25) is 0 Å². The molecule has 0 radical (unpaired) electrons. The zero-order chi connectivity index (χ0) is 15.4. The van der Waals surface area contributed by atoms with Crippen LogP contribution in [0.1, 0.15) is 22.5 Å². The number of hydrogen-bond donors (Lipinski definition) is 2. The minimum atomic E-state index is -0.318. The van der Waals surface area contributed by atoms with Crippen LogP contribution in [0.15, 0.2) is 35.6 Å². The maximum absolute atomic E-state index is 11.7. The lowest BCUT2D eigenvalue weighted by molar-refractivity contribution is 0.0951. The molecule has 7 heteroatoms. The summed E-state index contributed by atoms with van der Waals surface area (Å²) in [6.07, 6.45) is 3.98. The van der Waals surface area contributed by atoms with Crippen molar-refractivity contribution in [3.8, 4) is 11.5 Å². The van der Waals surface area contributed by atoms with Gasteiger partial charge in [-0.25, -0.2) is 5.43 Å². The number of halogens is 1. The molecule has 22 heavy (non-hydrogen) atoms. The van der Waals surface area contributed by atoms with Crippen LogP contribution in [0.5, 0.6) is 11.5 Å². The Morgan fingerprint density at radius 2 is 2.23 bits per heavy atom. The number of fused-ring (bicyclic) bond motifs is 1. The summed E-state index contributed by atoms with van der Waals surface area (Å²) in [6.45, 7) is 1.15. The maximum Gasteiger partial charge on any atom is 0.287 e. The molecule has 1 aliphatic heterocycles. The highest BCUT2D eigenvalue weighted by atomic mass is 35.5. The number of rotatable bonds is 3. The zero-order valence-electron chi connectivity index (χ0n) is 11.6. The first-order valence-corrected chi connectivity index (χ1v) is 7.18. The standard InChI is InChI=1S/C15H14ClN3O3/c16-11-7-10(8-13-14(11)22-6-2-5-21-13)9-18-19-15(20)12-3-1-4-17-12/h1,3-4,7-9,17H,2,5-6H2,(H,19,20)/b18-9-. The first-order chi connectivity index (χ1) is 10.7. The van der Waals surface area contributed by atoms with Crippen molar-refractivity contribution < 1.29 is 14.3 Å². The van der Waals surface area contributed by atoms with Crippen molar-refractivity contribution >= 4 is 23.7 Å². The van der Waals surface area contributed by atoms with Crippen LogP contribution in [-0.2, 0) is 0 Å². The molecule has 0 aliphatic carbocycles. The van der Waals surface area contributed by atoms with E-state index < -0.39 is 0 Å². The molecule has 0 spiro atoms. The molecule has 0 fully saturated rings. The Morgan fingerprint density at radius 1 is 1.36 bits per heavy atom. The van der Waals surface area contributed by atoms with Gasteiger partial charge in [0, 0.05) is 12.6 Å². The van der Waals surface area contributed by atoms with Crippen molar-refractivity contribution in [3.05, 3.63) is 46.7 Å². The summed E-state index contributed by atoms with van der Waals surface area (Å²) in [6, 6.07) is 6.88. The van der Waals surface area contributed by atoms with Crippen molar-refractivity contribution in [2.24, 2.45) is 5.10 Å². The number of benzene rings is 1. The van der Waals surface area contributed by atoms with Crippen molar-refractivity contribution in [1.82, 2.24) is 10.4 Å². The molecular weight excluding hydrogens is 306 g/mol. The Balaban J connectivity index is 1.72. The predicted molar refractivity (Wildman–Crippen MR) is 82.9 cm³/mol. The number of carbonyl (C=O) groups is 1. The Hall–Kier alpha value is -2.47. The third kappa shape index (κ3) is 3.23. The van der Waals surface area contributed by atoms with E-state index in [-0.39, 0.29) is 5.91 Å². The summed E-state index contributed by atoms with van der Waals surface area (Å²) in [4.78, 5) is 14.5. The molecular formula is C15H14ClN3O3. The molecule has 1 aromatic carbocycles. The van der Waals surface area contributed by atoms with E-state index in [1.807, 2.05) is 0 Å². The van der Waals surface area contributed by atoms with Crippen molar-refractivity contribution in [2.45, 2.75) is 6.42 Å². The summed E-state index contributed by atoms with van der Waals surface area (Å²) < 4.78 is 11.1. The monoisotopic (exact) mass is 319 g/mol. The van der Waals surface area contributed by atoms with E-state index in [9.17, 15) is 4.79 Å². The van der Waals surface area contributed by atoms with E-state index in [0.717, 1.165) is 6.42 Å². The second kappa shape index (κ2) is 6.53. The van der Waals surface area contributed by atoms with E-state index in [2.05, 4.69) is 15.5 Å². The number of hydrazone groups is 1. The lowest BCUT2D eigenvalue weighted by Crippen LogP contribution is -2.17. The van der Waals surface area contributed by atoms with Gasteiger partial charge in [-0.15, -0.1) is 0 Å². The van der Waals surface area contributed by atoms with Gasteiger partial charge in [0.25, 0.3) is 5.91 Å². The third-order valence-electron chi connectivity index (χ3n) is 3.05. The van der Waals surface area contributed by atoms with Crippen LogP contribution in [0.3, 0.4) is 0 Å². The van der Waals surface area contributed by atoms with Crippen molar-refractivity contribution in [2.75, 3.05) is 13.2 Å². The Kier molecular flexibility index (Phi) is 4.29. The predicted octanol–water partition coefficient (Wildman–Crippen LogP) is 2.59. The van der Waals surface area contributed by atoms with E-state index >= 15 is 0 Å². The molecule has 0 bridgehead atoms. The van der Waals surface area contributed by atoms with Gasteiger partial charge in [0.1, 0.15) is 5.69 Å². The molecule has 6 nitrogen and oxygen atoms in total. The fourth-order valence-electron chi connectivity index (χ4n) is 2.02. The van der Waals surface area contributed by atoms with Crippen LogP contribution in [0, 0.1) is 0 Å². The van der Waals surface area contributed by atoms with Crippen LogP contribution in [0.25, 0.3) is 0 Å². The number of H-pyrrole nitrogens is 1. The van der Waals surface area contributed by atoms with Crippen LogP contribution in [0.4, 0.5) is 0 Å². The second-order valence-corrected chi connectivity index (χ2v) is 5.07. The molecule has 1 amide bonds. The highest BCUT2D eigenvalue weighted by Crippen LogP contribution is 2.37. The normalized spacial score (nSPS) is 13.9. The third-order valence-corrected chi connectivity index (χ3v) is 3.33. The quantitative estimate of drug-likeness (QED) is 0.674. The molecule has 2 N–H and O–H groups in total. The number of nitrogens with zero attached hydrogens (tertiary/aromatic N) is 1. The summed E-state index contributed by atoms with van der Waals surface area (Å²) in [5.74, 6) is 0.815. The summed E-state index contributed by atoms with van der Waals surface area (Å²) in [7, 11) is 0. The molecule has 2 aromatic rings. The topological polar surface area (TPSA) is 75.7 Å². The van der Waals surface area contributed by atoms with Crippen LogP contribution < -0.4 is 14.9 Å². The van der Waals surface area contributed by atoms with Gasteiger partial charge < -0.3 is 14.5 Å². The van der Waals surface area contributed by atoms with Crippen LogP contribution >= 0.6 is 11.6 Å². The first kappa shape index (κ1) is 14.5. The van der Waals surface area contributed by atoms with E-state index in [0.29, 0.717) is 41.0 Å². The van der Waals surface area contributed by atoms with Gasteiger partial charge in [-0.1, -0.05) is 11.6 Å².